The Labute approximate surface area is 108 Å². The van der Waals surface area contributed by atoms with Crippen molar-refractivity contribution in [1.82, 2.24) is 15.5 Å². The highest BCUT2D eigenvalue weighted by atomic mass is 19.3. The Morgan fingerprint density at radius 1 is 1.32 bits per heavy atom. The molecule has 1 aromatic carbocycles. The third kappa shape index (κ3) is 3.72. The van der Waals surface area contributed by atoms with E-state index in [2.05, 4.69) is 20.2 Å². The summed E-state index contributed by atoms with van der Waals surface area (Å²) in [4.78, 5) is 4.20. The van der Waals surface area contributed by atoms with Gasteiger partial charge in [-0.1, -0.05) is 5.16 Å². The molecule has 0 saturated heterocycles. The molecule has 0 amide bonds. The van der Waals surface area contributed by atoms with Crippen LogP contribution in [0.1, 0.15) is 5.82 Å². The van der Waals surface area contributed by atoms with Crippen molar-refractivity contribution in [2.75, 3.05) is 13.6 Å². The number of hydrogen-bond donors (Lipinski definition) is 1. The Hall–Kier alpha value is -2.02. The number of benzene rings is 1. The molecular formula is C12H13F2N3O2. The zero-order valence-corrected chi connectivity index (χ0v) is 10.3. The molecule has 19 heavy (non-hydrogen) atoms. The van der Waals surface area contributed by atoms with Gasteiger partial charge in [0.05, 0.1) is 0 Å². The first-order valence-electron chi connectivity index (χ1n) is 5.71. The van der Waals surface area contributed by atoms with E-state index in [0.29, 0.717) is 23.7 Å². The van der Waals surface area contributed by atoms with Crippen LogP contribution < -0.4 is 10.1 Å². The summed E-state index contributed by atoms with van der Waals surface area (Å²) >= 11 is 0. The van der Waals surface area contributed by atoms with E-state index in [1.807, 2.05) is 7.05 Å². The lowest BCUT2D eigenvalue weighted by Crippen LogP contribution is -2.10. The van der Waals surface area contributed by atoms with Crippen molar-refractivity contribution < 1.29 is 18.0 Å². The SMILES string of the molecule is CNCCc1noc(-c2ccc(OC(F)F)cc2)n1. The molecule has 0 bridgehead atoms. The molecule has 2 aromatic rings. The minimum atomic E-state index is -2.83. The highest BCUT2D eigenvalue weighted by molar-refractivity contribution is 5.54. The zero-order valence-electron chi connectivity index (χ0n) is 10.3. The smallest absolute Gasteiger partial charge is 0.387 e. The van der Waals surface area contributed by atoms with E-state index in [-0.39, 0.29) is 5.75 Å². The van der Waals surface area contributed by atoms with Crippen LogP contribution >= 0.6 is 0 Å². The average Bonchev–Trinajstić information content (AvgIpc) is 2.85. The first-order chi connectivity index (χ1) is 9.19. The van der Waals surface area contributed by atoms with Gasteiger partial charge in [-0.15, -0.1) is 0 Å². The molecule has 1 heterocycles. The van der Waals surface area contributed by atoms with E-state index in [1.54, 1.807) is 12.1 Å². The number of nitrogens with one attached hydrogen (secondary N) is 1. The van der Waals surface area contributed by atoms with Crippen LogP contribution in [0.15, 0.2) is 28.8 Å². The number of likely N-dealkylation sites (N-methyl/N-ethyl adjacent to an activating group) is 1. The highest BCUT2D eigenvalue weighted by Gasteiger charge is 2.09. The van der Waals surface area contributed by atoms with Crippen LogP contribution in [-0.2, 0) is 6.42 Å². The van der Waals surface area contributed by atoms with Crippen LogP contribution in [-0.4, -0.2) is 30.3 Å². The molecule has 0 atom stereocenters. The summed E-state index contributed by atoms with van der Waals surface area (Å²) in [5, 5.41) is 6.81. The van der Waals surface area contributed by atoms with Gasteiger partial charge in [-0.2, -0.15) is 13.8 Å². The molecule has 0 aliphatic heterocycles. The molecule has 1 aromatic heterocycles. The summed E-state index contributed by atoms with van der Waals surface area (Å²) in [6.07, 6.45) is 0.659. The molecule has 5 nitrogen and oxygen atoms in total. The van der Waals surface area contributed by atoms with Gasteiger partial charge in [0, 0.05) is 18.5 Å². The van der Waals surface area contributed by atoms with Crippen LogP contribution in [0.5, 0.6) is 5.75 Å². The standard InChI is InChI=1S/C12H13F2N3O2/c1-15-7-6-10-16-11(19-17-10)8-2-4-9(5-3-8)18-12(13)14/h2-5,12,15H,6-7H2,1H3. The average molecular weight is 269 g/mol. The van der Waals surface area contributed by atoms with Gasteiger partial charge in [-0.05, 0) is 31.3 Å². The molecule has 2 rings (SSSR count). The predicted molar refractivity (Wildman–Crippen MR) is 64.0 cm³/mol. The first kappa shape index (κ1) is 13.4. The maximum atomic E-state index is 12.0. The molecule has 0 saturated carbocycles. The van der Waals surface area contributed by atoms with Gasteiger partial charge in [0.25, 0.3) is 5.89 Å². The number of nitrogens with zero attached hydrogens (tertiary/aromatic N) is 2. The van der Waals surface area contributed by atoms with Gasteiger partial charge in [0.1, 0.15) is 5.75 Å². The van der Waals surface area contributed by atoms with Crippen molar-refractivity contribution in [1.29, 1.82) is 0 Å². The van der Waals surface area contributed by atoms with Crippen LogP contribution in [0, 0.1) is 0 Å². The predicted octanol–water partition coefficient (Wildman–Crippen LogP) is 2.10. The van der Waals surface area contributed by atoms with Gasteiger partial charge >= 0.3 is 6.61 Å². The van der Waals surface area contributed by atoms with Crippen LogP contribution in [0.2, 0.25) is 0 Å². The van der Waals surface area contributed by atoms with Crippen molar-refractivity contribution >= 4 is 0 Å². The first-order valence-corrected chi connectivity index (χ1v) is 5.71. The summed E-state index contributed by atoms with van der Waals surface area (Å²) in [6.45, 7) is -2.08. The second-order valence-electron chi connectivity index (χ2n) is 3.77. The number of rotatable bonds is 6. The minimum absolute atomic E-state index is 0.0914. The Bertz CT molecular complexity index is 514. The van der Waals surface area contributed by atoms with Crippen molar-refractivity contribution in [2.24, 2.45) is 0 Å². The Morgan fingerprint density at radius 3 is 2.68 bits per heavy atom. The maximum Gasteiger partial charge on any atom is 0.387 e. The summed E-state index contributed by atoms with van der Waals surface area (Å²) in [7, 11) is 1.84. The van der Waals surface area contributed by atoms with Crippen molar-refractivity contribution in [3.63, 3.8) is 0 Å². The third-order valence-electron chi connectivity index (χ3n) is 2.39. The fraction of sp³-hybridized carbons (Fsp3) is 0.333. The van der Waals surface area contributed by atoms with Gasteiger partial charge in [0.2, 0.25) is 0 Å². The molecule has 0 radical (unpaired) electrons. The van der Waals surface area contributed by atoms with Crippen molar-refractivity contribution in [2.45, 2.75) is 13.0 Å². The molecule has 0 aliphatic carbocycles. The zero-order chi connectivity index (χ0) is 13.7. The van der Waals surface area contributed by atoms with Crippen LogP contribution in [0.4, 0.5) is 8.78 Å². The minimum Gasteiger partial charge on any atom is -0.435 e. The van der Waals surface area contributed by atoms with Gasteiger partial charge in [0.15, 0.2) is 5.82 Å². The molecule has 0 fully saturated rings. The topological polar surface area (TPSA) is 60.2 Å². The lowest BCUT2D eigenvalue weighted by atomic mass is 10.2. The molecular weight excluding hydrogens is 256 g/mol. The van der Waals surface area contributed by atoms with E-state index in [9.17, 15) is 8.78 Å². The monoisotopic (exact) mass is 269 g/mol. The molecule has 0 aliphatic rings. The Kier molecular flexibility index (Phi) is 4.40. The summed E-state index contributed by atoms with van der Waals surface area (Å²) in [5.74, 6) is 1.04. The normalized spacial score (nSPS) is 10.9. The Balaban J connectivity index is 2.07. The third-order valence-corrected chi connectivity index (χ3v) is 2.39. The molecule has 7 heteroatoms. The van der Waals surface area contributed by atoms with Crippen LogP contribution in [0.3, 0.4) is 0 Å². The van der Waals surface area contributed by atoms with Crippen LogP contribution in [0.25, 0.3) is 11.5 Å². The molecule has 1 N–H and O–H groups in total. The summed E-state index contributed by atoms with van der Waals surface area (Å²) in [5.41, 5.74) is 0.657. The number of ether oxygens (including phenoxy) is 1. The van der Waals surface area contributed by atoms with Crippen molar-refractivity contribution in [3.8, 4) is 17.2 Å². The number of aromatic nitrogens is 2. The number of alkyl halides is 2. The fourth-order valence-electron chi connectivity index (χ4n) is 1.49. The van der Waals surface area contributed by atoms with E-state index < -0.39 is 6.61 Å². The molecule has 0 spiro atoms. The lowest BCUT2D eigenvalue weighted by molar-refractivity contribution is -0.0498. The number of halogens is 2. The van der Waals surface area contributed by atoms with Crippen molar-refractivity contribution in [3.05, 3.63) is 30.1 Å². The van der Waals surface area contributed by atoms with Gasteiger partial charge in [-0.3, -0.25) is 0 Å². The summed E-state index contributed by atoms with van der Waals surface area (Å²) < 4.78 is 33.3. The van der Waals surface area contributed by atoms with E-state index >= 15 is 0 Å². The second-order valence-corrected chi connectivity index (χ2v) is 3.77. The van der Waals surface area contributed by atoms with E-state index in [1.165, 1.54) is 12.1 Å². The van der Waals surface area contributed by atoms with E-state index in [0.717, 1.165) is 6.54 Å². The largest absolute Gasteiger partial charge is 0.435 e. The summed E-state index contributed by atoms with van der Waals surface area (Å²) in [6, 6.07) is 6.04. The fourth-order valence-corrected chi connectivity index (χ4v) is 1.49. The lowest BCUT2D eigenvalue weighted by Gasteiger charge is -2.03. The molecule has 102 valence electrons. The quantitative estimate of drug-likeness (QED) is 0.870. The van der Waals surface area contributed by atoms with E-state index in [4.69, 9.17) is 4.52 Å². The highest BCUT2D eigenvalue weighted by Crippen LogP contribution is 2.21. The maximum absolute atomic E-state index is 12.0. The molecule has 0 unspecified atom stereocenters. The van der Waals surface area contributed by atoms with Gasteiger partial charge in [-0.25, -0.2) is 0 Å². The second kappa shape index (κ2) is 6.24. The Morgan fingerprint density at radius 2 is 2.05 bits per heavy atom. The van der Waals surface area contributed by atoms with Gasteiger partial charge < -0.3 is 14.6 Å². The number of hydrogen-bond acceptors (Lipinski definition) is 5.